The van der Waals surface area contributed by atoms with Gasteiger partial charge in [0.25, 0.3) is 0 Å². The number of rotatable bonds is 6. The Kier molecular flexibility index (Phi) is 5.24. The molecule has 6 nitrogen and oxygen atoms in total. The van der Waals surface area contributed by atoms with E-state index in [1.807, 2.05) is 45.0 Å². The van der Waals surface area contributed by atoms with Crippen LogP contribution in [0.4, 0.5) is 0 Å². The molecule has 0 unspecified atom stereocenters. The highest BCUT2D eigenvalue weighted by Gasteiger charge is 2.46. The highest BCUT2D eigenvalue weighted by Crippen LogP contribution is 2.43. The molecule has 0 bridgehead atoms. The second-order valence-corrected chi connectivity index (χ2v) is 6.67. The third-order valence-electron chi connectivity index (χ3n) is 4.01. The van der Waals surface area contributed by atoms with Gasteiger partial charge in [-0.05, 0) is 30.9 Å². The van der Waals surface area contributed by atoms with E-state index < -0.39 is 22.2 Å². The maximum Gasteiger partial charge on any atom is 0.333 e. The molecule has 0 aromatic heterocycles. The van der Waals surface area contributed by atoms with Gasteiger partial charge in [0, 0.05) is 0 Å². The van der Waals surface area contributed by atoms with Crippen LogP contribution < -0.4 is 5.14 Å². The third-order valence-corrected chi connectivity index (χ3v) is 4.48. The standard InChI is InChI=1S/C15H23NO5S/c1-4-15(5-2)20-13(10-19-22(16,17)18)14(21-15)12-9-7-6-8-11(12)3/h6-9,13-14H,4-5,10H2,1-3H3,(H2,16,17,18)/t13-,14-/m1/s1. The molecule has 124 valence electrons. The van der Waals surface area contributed by atoms with Crippen molar-refractivity contribution in [3.8, 4) is 0 Å². The molecule has 7 heteroatoms. The lowest BCUT2D eigenvalue weighted by molar-refractivity contribution is -0.181. The van der Waals surface area contributed by atoms with Gasteiger partial charge in [0.05, 0.1) is 6.61 Å². The molecular weight excluding hydrogens is 306 g/mol. The van der Waals surface area contributed by atoms with Gasteiger partial charge in [-0.15, -0.1) is 0 Å². The Morgan fingerprint density at radius 3 is 2.41 bits per heavy atom. The van der Waals surface area contributed by atoms with E-state index in [9.17, 15) is 8.42 Å². The summed E-state index contributed by atoms with van der Waals surface area (Å²) in [4.78, 5) is 0. The van der Waals surface area contributed by atoms with Crippen LogP contribution in [0.2, 0.25) is 0 Å². The molecule has 1 aromatic carbocycles. The molecule has 1 aliphatic heterocycles. The quantitative estimate of drug-likeness (QED) is 0.864. The minimum Gasteiger partial charge on any atom is -0.341 e. The van der Waals surface area contributed by atoms with Gasteiger partial charge in [0.15, 0.2) is 5.79 Å². The van der Waals surface area contributed by atoms with Crippen LogP contribution in [0, 0.1) is 6.92 Å². The lowest BCUT2D eigenvalue weighted by Gasteiger charge is -2.25. The molecule has 0 radical (unpaired) electrons. The van der Waals surface area contributed by atoms with E-state index in [2.05, 4.69) is 0 Å². The maximum atomic E-state index is 11.1. The van der Waals surface area contributed by atoms with E-state index in [4.69, 9.17) is 18.8 Å². The van der Waals surface area contributed by atoms with Gasteiger partial charge in [-0.2, -0.15) is 8.42 Å². The number of hydrogen-bond donors (Lipinski definition) is 1. The molecule has 1 saturated heterocycles. The summed E-state index contributed by atoms with van der Waals surface area (Å²) in [6, 6.07) is 7.79. The van der Waals surface area contributed by atoms with Crippen molar-refractivity contribution in [1.29, 1.82) is 0 Å². The summed E-state index contributed by atoms with van der Waals surface area (Å²) >= 11 is 0. The van der Waals surface area contributed by atoms with E-state index in [0.29, 0.717) is 12.8 Å². The average molecular weight is 329 g/mol. The minimum atomic E-state index is -4.01. The van der Waals surface area contributed by atoms with E-state index >= 15 is 0 Å². The third kappa shape index (κ3) is 3.85. The van der Waals surface area contributed by atoms with E-state index in [1.165, 1.54) is 0 Å². The summed E-state index contributed by atoms with van der Waals surface area (Å²) in [7, 11) is -4.01. The van der Waals surface area contributed by atoms with Crippen molar-refractivity contribution in [3.05, 3.63) is 35.4 Å². The summed E-state index contributed by atoms with van der Waals surface area (Å²) in [6.45, 7) is 5.76. The number of aryl methyl sites for hydroxylation is 1. The van der Waals surface area contributed by atoms with Crippen LogP contribution in [0.5, 0.6) is 0 Å². The molecule has 1 fully saturated rings. The van der Waals surface area contributed by atoms with Crippen LogP contribution >= 0.6 is 0 Å². The fourth-order valence-electron chi connectivity index (χ4n) is 2.71. The largest absolute Gasteiger partial charge is 0.341 e. The molecule has 2 atom stereocenters. The second-order valence-electron chi connectivity index (χ2n) is 5.45. The lowest BCUT2D eigenvalue weighted by atomic mass is 10.00. The monoisotopic (exact) mass is 329 g/mol. The van der Waals surface area contributed by atoms with Gasteiger partial charge in [-0.1, -0.05) is 38.1 Å². The molecule has 1 aliphatic rings. The Bertz CT molecular complexity index is 612. The molecule has 0 amide bonds. The van der Waals surface area contributed by atoms with Gasteiger partial charge >= 0.3 is 10.3 Å². The Morgan fingerprint density at radius 2 is 1.86 bits per heavy atom. The molecule has 2 rings (SSSR count). The Hall–Kier alpha value is -0.990. The van der Waals surface area contributed by atoms with Crippen molar-refractivity contribution < 1.29 is 22.1 Å². The van der Waals surface area contributed by atoms with Crippen LogP contribution in [0.1, 0.15) is 43.9 Å². The number of ether oxygens (including phenoxy) is 2. The Labute approximate surface area is 131 Å². The predicted molar refractivity (Wildman–Crippen MR) is 82.3 cm³/mol. The van der Waals surface area contributed by atoms with Crippen LogP contribution in [-0.4, -0.2) is 26.9 Å². The van der Waals surface area contributed by atoms with E-state index in [-0.39, 0.29) is 12.7 Å². The first-order valence-corrected chi connectivity index (χ1v) is 8.85. The fraction of sp³-hybridized carbons (Fsp3) is 0.600. The lowest BCUT2D eigenvalue weighted by Crippen LogP contribution is -2.31. The summed E-state index contributed by atoms with van der Waals surface area (Å²) in [6.07, 6.45) is 0.414. The number of hydrogen-bond acceptors (Lipinski definition) is 5. The number of nitrogens with two attached hydrogens (primary N) is 1. The normalized spacial score (nSPS) is 24.5. The van der Waals surface area contributed by atoms with Crippen molar-refractivity contribution in [3.63, 3.8) is 0 Å². The summed E-state index contributed by atoms with van der Waals surface area (Å²) < 4.78 is 39.0. The van der Waals surface area contributed by atoms with Crippen LogP contribution in [-0.2, 0) is 24.0 Å². The minimum absolute atomic E-state index is 0.167. The highest BCUT2D eigenvalue weighted by atomic mass is 32.2. The first-order chi connectivity index (χ1) is 10.3. The molecule has 0 spiro atoms. The van der Waals surface area contributed by atoms with Crippen molar-refractivity contribution in [2.45, 2.75) is 51.6 Å². The van der Waals surface area contributed by atoms with E-state index in [0.717, 1.165) is 11.1 Å². The fourth-order valence-corrected chi connectivity index (χ4v) is 3.03. The molecule has 1 aromatic rings. The van der Waals surface area contributed by atoms with Crippen molar-refractivity contribution in [2.24, 2.45) is 5.14 Å². The zero-order valence-corrected chi connectivity index (χ0v) is 13.9. The summed E-state index contributed by atoms with van der Waals surface area (Å²) in [5, 5.41) is 4.91. The van der Waals surface area contributed by atoms with Crippen LogP contribution in [0.3, 0.4) is 0 Å². The molecule has 22 heavy (non-hydrogen) atoms. The first-order valence-electron chi connectivity index (χ1n) is 7.38. The maximum absolute atomic E-state index is 11.1. The highest BCUT2D eigenvalue weighted by molar-refractivity contribution is 7.84. The Morgan fingerprint density at radius 1 is 1.23 bits per heavy atom. The molecule has 0 aliphatic carbocycles. The Balaban J connectivity index is 2.29. The van der Waals surface area contributed by atoms with Crippen LogP contribution in [0.15, 0.2) is 24.3 Å². The average Bonchev–Trinajstić information content (AvgIpc) is 2.85. The van der Waals surface area contributed by atoms with Crippen molar-refractivity contribution in [2.75, 3.05) is 6.61 Å². The topological polar surface area (TPSA) is 87.9 Å². The van der Waals surface area contributed by atoms with Gasteiger partial charge in [0.2, 0.25) is 0 Å². The summed E-state index contributed by atoms with van der Waals surface area (Å²) in [5.41, 5.74) is 2.02. The summed E-state index contributed by atoms with van der Waals surface area (Å²) in [5.74, 6) is -0.723. The molecule has 2 N–H and O–H groups in total. The predicted octanol–water partition coefficient (Wildman–Crippen LogP) is 2.19. The zero-order chi connectivity index (χ0) is 16.4. The smallest absolute Gasteiger partial charge is 0.333 e. The SMILES string of the molecule is CCC1(CC)O[C@H](c2ccccc2C)[C@@H](COS(N)(=O)=O)O1. The first kappa shape index (κ1) is 17.4. The molecule has 0 saturated carbocycles. The van der Waals surface area contributed by atoms with E-state index in [1.54, 1.807) is 0 Å². The van der Waals surface area contributed by atoms with Crippen molar-refractivity contribution in [1.82, 2.24) is 0 Å². The number of benzene rings is 1. The molecular formula is C15H23NO5S. The van der Waals surface area contributed by atoms with Gasteiger partial charge in [-0.25, -0.2) is 5.14 Å². The van der Waals surface area contributed by atoms with Gasteiger partial charge < -0.3 is 9.47 Å². The van der Waals surface area contributed by atoms with Crippen molar-refractivity contribution >= 4 is 10.3 Å². The molecule has 1 heterocycles. The van der Waals surface area contributed by atoms with Gasteiger partial charge in [-0.3, -0.25) is 4.18 Å². The van der Waals surface area contributed by atoms with Crippen LogP contribution in [0.25, 0.3) is 0 Å². The second kappa shape index (κ2) is 6.64. The zero-order valence-electron chi connectivity index (χ0n) is 13.1. The van der Waals surface area contributed by atoms with Gasteiger partial charge in [0.1, 0.15) is 12.2 Å².